The fourth-order valence-corrected chi connectivity index (χ4v) is 3.81. The van der Waals surface area contributed by atoms with E-state index in [2.05, 4.69) is 43.8 Å². The number of halogens is 3. The highest BCUT2D eigenvalue weighted by Gasteiger charge is 2.18. The van der Waals surface area contributed by atoms with Crippen LogP contribution >= 0.6 is 54.8 Å². The molecule has 0 spiro atoms. The summed E-state index contributed by atoms with van der Waals surface area (Å²) in [6.45, 7) is 2.07. The number of rotatable bonds is 6. The first-order valence-electron chi connectivity index (χ1n) is 6.29. The van der Waals surface area contributed by atoms with Crippen LogP contribution in [0.2, 0.25) is 0 Å². The van der Waals surface area contributed by atoms with Crippen molar-refractivity contribution in [3.8, 4) is 11.5 Å². The molecular weight excluding hydrogens is 441 g/mol. The lowest BCUT2D eigenvalue weighted by atomic mass is 10.2. The van der Waals surface area contributed by atoms with E-state index in [1.54, 1.807) is 18.4 Å². The van der Waals surface area contributed by atoms with Crippen molar-refractivity contribution in [2.75, 3.05) is 7.11 Å². The molecule has 3 nitrogen and oxygen atoms in total. The predicted molar refractivity (Wildman–Crippen MR) is 93.7 cm³/mol. The van der Waals surface area contributed by atoms with Crippen LogP contribution in [0.4, 0.5) is 0 Å². The molecular formula is C14H14Br2ClNO2S. The van der Waals surface area contributed by atoms with Crippen LogP contribution in [0.25, 0.3) is 0 Å². The van der Waals surface area contributed by atoms with Crippen LogP contribution in [-0.4, -0.2) is 12.1 Å². The molecule has 114 valence electrons. The molecule has 1 heterocycles. The molecule has 0 aliphatic heterocycles. The third-order valence-corrected chi connectivity index (χ3v) is 5.33. The first kappa shape index (κ1) is 17.1. The topological polar surface area (TPSA) is 31.4 Å². The highest BCUT2D eigenvalue weighted by Crippen LogP contribution is 2.38. The maximum atomic E-state index is 6.09. The number of hydrogen-bond donors (Lipinski definition) is 0. The minimum atomic E-state index is -0.0939. The van der Waals surface area contributed by atoms with E-state index < -0.39 is 0 Å². The highest BCUT2D eigenvalue weighted by molar-refractivity contribution is 9.11. The smallest absolute Gasteiger partial charge is 0.150 e. The zero-order valence-corrected chi connectivity index (χ0v) is 16.3. The lowest BCUT2D eigenvalue weighted by Gasteiger charge is -2.17. The van der Waals surface area contributed by atoms with Gasteiger partial charge in [0.15, 0.2) is 0 Å². The van der Waals surface area contributed by atoms with Crippen molar-refractivity contribution in [2.24, 2.45) is 0 Å². The van der Waals surface area contributed by atoms with Gasteiger partial charge in [0, 0.05) is 5.38 Å². The van der Waals surface area contributed by atoms with Crippen molar-refractivity contribution in [3.05, 3.63) is 37.2 Å². The van der Waals surface area contributed by atoms with Crippen LogP contribution in [0.1, 0.15) is 30.2 Å². The summed E-state index contributed by atoms with van der Waals surface area (Å²) < 4.78 is 13.0. The van der Waals surface area contributed by atoms with E-state index in [0.717, 1.165) is 37.6 Å². The molecule has 0 aliphatic carbocycles. The predicted octanol–water partition coefficient (Wildman–Crippen LogP) is 5.95. The fraction of sp³-hybridized carbons (Fsp3) is 0.357. The van der Waals surface area contributed by atoms with Crippen LogP contribution in [0.5, 0.6) is 11.5 Å². The molecule has 0 saturated heterocycles. The van der Waals surface area contributed by atoms with Crippen molar-refractivity contribution in [1.29, 1.82) is 0 Å². The number of benzene rings is 1. The number of alkyl halides is 1. The zero-order chi connectivity index (χ0) is 15.4. The molecule has 1 aromatic heterocycles. The second-order valence-corrected chi connectivity index (χ2v) is 7.11. The van der Waals surface area contributed by atoms with E-state index >= 15 is 0 Å². The van der Waals surface area contributed by atoms with Crippen molar-refractivity contribution in [3.63, 3.8) is 0 Å². The van der Waals surface area contributed by atoms with Crippen LogP contribution in [0.3, 0.4) is 0 Å². The summed E-state index contributed by atoms with van der Waals surface area (Å²) in [5.41, 5.74) is 0.883. The number of methoxy groups -OCH3 is 1. The van der Waals surface area contributed by atoms with Crippen molar-refractivity contribution in [1.82, 2.24) is 4.98 Å². The summed E-state index contributed by atoms with van der Waals surface area (Å²) in [7, 11) is 1.63. The van der Waals surface area contributed by atoms with Gasteiger partial charge in [-0.15, -0.1) is 22.9 Å². The first-order valence-corrected chi connectivity index (χ1v) is 9.29. The minimum absolute atomic E-state index is 0.0939. The monoisotopic (exact) mass is 453 g/mol. The lowest BCUT2D eigenvalue weighted by Crippen LogP contribution is -2.07. The Morgan fingerprint density at radius 3 is 2.52 bits per heavy atom. The third kappa shape index (κ3) is 4.12. The minimum Gasteiger partial charge on any atom is -0.496 e. The van der Waals surface area contributed by atoms with Crippen LogP contribution in [-0.2, 0) is 5.88 Å². The summed E-state index contributed by atoms with van der Waals surface area (Å²) in [6.07, 6.45) is 0.731. The largest absolute Gasteiger partial charge is 0.496 e. The van der Waals surface area contributed by atoms with E-state index in [1.807, 2.05) is 17.5 Å². The van der Waals surface area contributed by atoms with Crippen molar-refractivity contribution < 1.29 is 9.47 Å². The van der Waals surface area contributed by atoms with E-state index in [4.69, 9.17) is 21.1 Å². The molecule has 0 amide bonds. The normalized spacial score (nSPS) is 12.2. The van der Waals surface area contributed by atoms with Gasteiger partial charge in [-0.1, -0.05) is 6.92 Å². The molecule has 0 fully saturated rings. The first-order chi connectivity index (χ1) is 10.1. The highest BCUT2D eigenvalue weighted by atomic mass is 79.9. The Labute approximate surface area is 149 Å². The number of hydrogen-bond acceptors (Lipinski definition) is 4. The van der Waals surface area contributed by atoms with E-state index in [9.17, 15) is 0 Å². The summed E-state index contributed by atoms with van der Waals surface area (Å²) in [4.78, 5) is 4.49. The Hall–Kier alpha value is -0.300. The Kier molecular flexibility index (Phi) is 6.34. The van der Waals surface area contributed by atoms with Gasteiger partial charge in [0.05, 0.1) is 27.6 Å². The van der Waals surface area contributed by atoms with Gasteiger partial charge in [0.1, 0.15) is 22.6 Å². The van der Waals surface area contributed by atoms with Gasteiger partial charge in [-0.3, -0.25) is 0 Å². The Morgan fingerprint density at radius 2 is 1.95 bits per heavy atom. The molecule has 1 unspecified atom stereocenters. The number of nitrogens with zero attached hydrogens (tertiary/aromatic N) is 1. The van der Waals surface area contributed by atoms with Crippen molar-refractivity contribution >= 4 is 54.8 Å². The fourth-order valence-electron chi connectivity index (χ4n) is 1.75. The maximum Gasteiger partial charge on any atom is 0.150 e. The van der Waals surface area contributed by atoms with Gasteiger partial charge in [0.25, 0.3) is 0 Å². The molecule has 2 aromatic rings. The van der Waals surface area contributed by atoms with Gasteiger partial charge in [0.2, 0.25) is 0 Å². The van der Waals surface area contributed by atoms with E-state index in [-0.39, 0.29) is 6.10 Å². The molecule has 0 N–H and O–H groups in total. The summed E-state index contributed by atoms with van der Waals surface area (Å²) in [5, 5.41) is 2.90. The SMILES string of the molecule is CCC(Oc1cc(Br)c(OC)cc1Br)c1nc(CCl)cs1. The van der Waals surface area contributed by atoms with E-state index in [1.165, 1.54) is 0 Å². The molecule has 1 aromatic carbocycles. The molecule has 0 bridgehead atoms. The maximum absolute atomic E-state index is 6.09. The third-order valence-electron chi connectivity index (χ3n) is 2.83. The average Bonchev–Trinajstić information content (AvgIpc) is 2.96. The van der Waals surface area contributed by atoms with Crippen molar-refractivity contribution in [2.45, 2.75) is 25.3 Å². The van der Waals surface area contributed by atoms with E-state index in [0.29, 0.717) is 5.88 Å². The second kappa shape index (κ2) is 7.81. The van der Waals surface area contributed by atoms with Gasteiger partial charge in [-0.05, 0) is 50.4 Å². The Morgan fingerprint density at radius 1 is 1.29 bits per heavy atom. The molecule has 1 atom stereocenters. The second-order valence-electron chi connectivity index (χ2n) is 4.24. The summed E-state index contributed by atoms with van der Waals surface area (Å²) in [6, 6.07) is 3.76. The number of aromatic nitrogens is 1. The summed E-state index contributed by atoms with van der Waals surface area (Å²) >= 11 is 14.4. The zero-order valence-electron chi connectivity index (χ0n) is 11.5. The van der Waals surface area contributed by atoms with Crippen LogP contribution in [0, 0.1) is 0 Å². The Balaban J connectivity index is 2.24. The van der Waals surface area contributed by atoms with Gasteiger partial charge >= 0.3 is 0 Å². The summed E-state index contributed by atoms with van der Waals surface area (Å²) in [5.74, 6) is 1.92. The molecule has 0 radical (unpaired) electrons. The molecule has 21 heavy (non-hydrogen) atoms. The molecule has 7 heteroatoms. The quantitative estimate of drug-likeness (QED) is 0.505. The molecule has 0 aliphatic rings. The van der Waals surface area contributed by atoms with Crippen LogP contribution in [0.15, 0.2) is 26.5 Å². The standard InChI is InChI=1S/C14H14Br2ClNO2S/c1-3-11(14-18-8(6-17)7-21-14)20-13-5-9(15)12(19-2)4-10(13)16/h4-5,7,11H,3,6H2,1-2H3. The van der Waals surface area contributed by atoms with Gasteiger partial charge in [-0.25, -0.2) is 4.98 Å². The van der Waals surface area contributed by atoms with Gasteiger partial charge < -0.3 is 9.47 Å². The van der Waals surface area contributed by atoms with Crippen LogP contribution < -0.4 is 9.47 Å². The number of ether oxygens (including phenoxy) is 2. The lowest BCUT2D eigenvalue weighted by molar-refractivity contribution is 0.199. The molecule has 0 saturated carbocycles. The molecule has 2 rings (SSSR count). The number of thiazole rings is 1. The average molecular weight is 456 g/mol. The Bertz CT molecular complexity index is 621. The van der Waals surface area contributed by atoms with Gasteiger partial charge in [-0.2, -0.15) is 0 Å².